The zero-order chi connectivity index (χ0) is 18.7. The Kier molecular flexibility index (Phi) is 5.55. The van der Waals surface area contributed by atoms with E-state index in [0.717, 1.165) is 12.0 Å². The van der Waals surface area contributed by atoms with Gasteiger partial charge in [0.05, 0.1) is 5.69 Å². The van der Waals surface area contributed by atoms with Crippen molar-refractivity contribution in [2.75, 3.05) is 13.1 Å². The molecule has 2 aromatic rings. The first-order valence-corrected chi connectivity index (χ1v) is 9.30. The molecule has 1 fully saturated rings. The lowest BCUT2D eigenvalue weighted by Gasteiger charge is -2.30. The van der Waals surface area contributed by atoms with E-state index >= 15 is 0 Å². The van der Waals surface area contributed by atoms with E-state index in [1.165, 1.54) is 5.56 Å². The van der Waals surface area contributed by atoms with Gasteiger partial charge in [-0.3, -0.25) is 9.59 Å². The van der Waals surface area contributed by atoms with Crippen molar-refractivity contribution in [2.45, 2.75) is 40.0 Å². The van der Waals surface area contributed by atoms with Crippen molar-refractivity contribution in [2.24, 2.45) is 11.8 Å². The van der Waals surface area contributed by atoms with Gasteiger partial charge in [-0.25, -0.2) is 0 Å². The zero-order valence-corrected chi connectivity index (χ0v) is 15.7. The van der Waals surface area contributed by atoms with E-state index in [9.17, 15) is 9.59 Å². The van der Waals surface area contributed by atoms with Crippen LogP contribution >= 0.6 is 0 Å². The number of benzene rings is 1. The predicted molar refractivity (Wildman–Crippen MR) is 99.2 cm³/mol. The van der Waals surface area contributed by atoms with Gasteiger partial charge < -0.3 is 9.42 Å². The maximum absolute atomic E-state index is 12.8. The minimum absolute atomic E-state index is 0.0218. The average molecular weight is 354 g/mol. The number of hydrogen-bond donors (Lipinski definition) is 0. The summed E-state index contributed by atoms with van der Waals surface area (Å²) in [5, 5.41) is 3.76. The SMILES string of the molecule is Cc1cc(C(=O)N2CCC(C(=O)c3ccc(CC(C)C)cc3)CC2)on1. The van der Waals surface area contributed by atoms with Crippen LogP contribution in [0.5, 0.6) is 0 Å². The lowest BCUT2D eigenvalue weighted by molar-refractivity contribution is 0.0616. The van der Waals surface area contributed by atoms with Crippen LogP contribution in [0, 0.1) is 18.8 Å². The molecule has 138 valence electrons. The van der Waals surface area contributed by atoms with Crippen molar-refractivity contribution in [3.8, 4) is 0 Å². The number of carbonyl (C=O) groups excluding carboxylic acids is 2. The molecule has 1 aromatic heterocycles. The molecule has 5 nitrogen and oxygen atoms in total. The van der Waals surface area contributed by atoms with Crippen LogP contribution in [0.4, 0.5) is 0 Å². The molecule has 0 N–H and O–H groups in total. The highest BCUT2D eigenvalue weighted by molar-refractivity contribution is 5.98. The Morgan fingerprint density at radius 3 is 2.38 bits per heavy atom. The highest BCUT2D eigenvalue weighted by Crippen LogP contribution is 2.23. The Hall–Kier alpha value is -2.43. The van der Waals surface area contributed by atoms with E-state index < -0.39 is 0 Å². The number of nitrogens with zero attached hydrogens (tertiary/aromatic N) is 2. The first-order chi connectivity index (χ1) is 12.4. The summed E-state index contributed by atoms with van der Waals surface area (Å²) < 4.78 is 5.05. The lowest BCUT2D eigenvalue weighted by Crippen LogP contribution is -2.40. The smallest absolute Gasteiger partial charge is 0.292 e. The number of carbonyl (C=O) groups is 2. The highest BCUT2D eigenvalue weighted by Gasteiger charge is 2.29. The van der Waals surface area contributed by atoms with E-state index in [1.807, 2.05) is 12.1 Å². The first-order valence-electron chi connectivity index (χ1n) is 9.30. The number of ketones is 1. The molecule has 0 unspecified atom stereocenters. The summed E-state index contributed by atoms with van der Waals surface area (Å²) in [5.74, 6) is 0.893. The molecule has 0 atom stereocenters. The summed E-state index contributed by atoms with van der Waals surface area (Å²) in [4.78, 5) is 26.9. The number of hydrogen-bond acceptors (Lipinski definition) is 4. The molecule has 1 saturated heterocycles. The molecular weight excluding hydrogens is 328 g/mol. The lowest BCUT2D eigenvalue weighted by atomic mass is 9.88. The second-order valence-electron chi connectivity index (χ2n) is 7.56. The molecule has 1 amide bonds. The van der Waals surface area contributed by atoms with Gasteiger partial charge in [-0.15, -0.1) is 0 Å². The number of amides is 1. The van der Waals surface area contributed by atoms with E-state index in [-0.39, 0.29) is 23.4 Å². The van der Waals surface area contributed by atoms with Gasteiger partial charge in [-0.2, -0.15) is 0 Å². The number of aromatic nitrogens is 1. The standard InChI is InChI=1S/C21H26N2O3/c1-14(2)12-16-4-6-17(7-5-16)20(24)18-8-10-23(11-9-18)21(25)19-13-15(3)22-26-19/h4-7,13-14,18H,8-12H2,1-3H3. The Labute approximate surface area is 154 Å². The van der Waals surface area contributed by atoms with E-state index in [1.54, 1.807) is 17.9 Å². The van der Waals surface area contributed by atoms with Crippen molar-refractivity contribution in [1.82, 2.24) is 10.1 Å². The highest BCUT2D eigenvalue weighted by atomic mass is 16.5. The van der Waals surface area contributed by atoms with Gasteiger partial charge in [0.2, 0.25) is 5.76 Å². The maximum Gasteiger partial charge on any atom is 0.292 e. The fraction of sp³-hybridized carbons (Fsp3) is 0.476. The van der Waals surface area contributed by atoms with Crippen molar-refractivity contribution < 1.29 is 14.1 Å². The largest absolute Gasteiger partial charge is 0.351 e. The molecule has 0 spiro atoms. The number of Topliss-reactive ketones (excluding diaryl/α,β-unsaturated/α-hetero) is 1. The van der Waals surface area contributed by atoms with Crippen LogP contribution in [-0.4, -0.2) is 34.8 Å². The molecule has 0 bridgehead atoms. The van der Waals surface area contributed by atoms with Crippen LogP contribution < -0.4 is 0 Å². The molecule has 0 saturated carbocycles. The van der Waals surface area contributed by atoms with Gasteiger partial charge >= 0.3 is 0 Å². The third kappa shape index (κ3) is 4.21. The van der Waals surface area contributed by atoms with E-state index in [4.69, 9.17) is 4.52 Å². The van der Waals surface area contributed by atoms with Crippen molar-refractivity contribution in [3.05, 3.63) is 52.9 Å². The number of rotatable bonds is 5. The quantitative estimate of drug-likeness (QED) is 0.764. The summed E-state index contributed by atoms with van der Waals surface area (Å²) in [6.07, 6.45) is 2.40. The van der Waals surface area contributed by atoms with E-state index in [0.29, 0.717) is 37.5 Å². The summed E-state index contributed by atoms with van der Waals surface area (Å²) in [6, 6.07) is 9.64. The monoisotopic (exact) mass is 354 g/mol. The molecule has 0 aliphatic carbocycles. The van der Waals surface area contributed by atoms with Gasteiger partial charge in [0.25, 0.3) is 5.91 Å². The van der Waals surface area contributed by atoms with Crippen LogP contribution in [-0.2, 0) is 6.42 Å². The topological polar surface area (TPSA) is 63.4 Å². The summed E-state index contributed by atoms with van der Waals surface area (Å²) in [7, 11) is 0. The van der Waals surface area contributed by atoms with E-state index in [2.05, 4.69) is 31.1 Å². The van der Waals surface area contributed by atoms with Crippen LogP contribution in [0.3, 0.4) is 0 Å². The minimum atomic E-state index is -0.144. The summed E-state index contributed by atoms with van der Waals surface area (Å²) >= 11 is 0. The number of aryl methyl sites for hydroxylation is 1. The molecule has 26 heavy (non-hydrogen) atoms. The molecule has 3 rings (SSSR count). The van der Waals surface area contributed by atoms with Gasteiger partial charge in [-0.1, -0.05) is 43.3 Å². The van der Waals surface area contributed by atoms with Gasteiger partial charge in [0, 0.05) is 30.6 Å². The Balaban J connectivity index is 1.57. The zero-order valence-electron chi connectivity index (χ0n) is 15.7. The molecule has 0 radical (unpaired) electrons. The maximum atomic E-state index is 12.8. The molecule has 5 heteroatoms. The first kappa shape index (κ1) is 18.4. The molecule has 1 aliphatic rings. The van der Waals surface area contributed by atoms with Gasteiger partial charge in [-0.05, 0) is 37.7 Å². The predicted octanol–water partition coefficient (Wildman–Crippen LogP) is 3.92. The fourth-order valence-corrected chi connectivity index (χ4v) is 3.48. The molecule has 1 aromatic carbocycles. The number of piperidine rings is 1. The van der Waals surface area contributed by atoms with Crippen molar-refractivity contribution >= 4 is 11.7 Å². The van der Waals surface area contributed by atoms with Gasteiger partial charge in [0.15, 0.2) is 5.78 Å². The summed E-state index contributed by atoms with van der Waals surface area (Å²) in [5.41, 5.74) is 2.73. The van der Waals surface area contributed by atoms with Crippen LogP contribution in [0.1, 0.15) is 58.9 Å². The Morgan fingerprint density at radius 1 is 1.19 bits per heavy atom. The molecule has 2 heterocycles. The second-order valence-corrected chi connectivity index (χ2v) is 7.56. The Bertz CT molecular complexity index is 769. The summed E-state index contributed by atoms with van der Waals surface area (Å²) in [6.45, 7) is 7.31. The third-order valence-corrected chi connectivity index (χ3v) is 4.87. The minimum Gasteiger partial charge on any atom is -0.351 e. The third-order valence-electron chi connectivity index (χ3n) is 4.87. The van der Waals surface area contributed by atoms with Gasteiger partial charge in [0.1, 0.15) is 0 Å². The average Bonchev–Trinajstić information content (AvgIpc) is 3.07. The fourth-order valence-electron chi connectivity index (χ4n) is 3.48. The van der Waals surface area contributed by atoms with Crippen molar-refractivity contribution in [3.63, 3.8) is 0 Å². The molecule has 1 aliphatic heterocycles. The number of likely N-dealkylation sites (tertiary alicyclic amines) is 1. The molecular formula is C21H26N2O3. The van der Waals surface area contributed by atoms with Crippen LogP contribution in [0.25, 0.3) is 0 Å². The Morgan fingerprint density at radius 2 is 1.85 bits per heavy atom. The normalized spacial score (nSPS) is 15.5. The second kappa shape index (κ2) is 7.85. The van der Waals surface area contributed by atoms with Crippen LogP contribution in [0.15, 0.2) is 34.9 Å². The van der Waals surface area contributed by atoms with Crippen molar-refractivity contribution in [1.29, 1.82) is 0 Å². The van der Waals surface area contributed by atoms with Crippen LogP contribution in [0.2, 0.25) is 0 Å².